The molecule has 0 aliphatic rings. The smallest absolute Gasteiger partial charge is 0.355 e. The highest BCUT2D eigenvalue weighted by Crippen LogP contribution is 2.11. The number of aromatic nitrogens is 2. The molecule has 2 heterocycles. The van der Waals surface area contributed by atoms with Gasteiger partial charge in [-0.3, -0.25) is 4.79 Å². The van der Waals surface area contributed by atoms with Crippen LogP contribution >= 0.6 is 0 Å². The van der Waals surface area contributed by atoms with Crippen LogP contribution in [0.3, 0.4) is 0 Å². The fourth-order valence-corrected chi connectivity index (χ4v) is 2.36. The minimum atomic E-state index is -0.485. The molecule has 0 spiro atoms. The number of fused-ring (bicyclic) bond motifs is 1. The fourth-order valence-electron chi connectivity index (χ4n) is 2.36. The maximum atomic E-state index is 12.0. The van der Waals surface area contributed by atoms with E-state index in [2.05, 4.69) is 9.97 Å². The molecule has 0 unspecified atom stereocenters. The van der Waals surface area contributed by atoms with Crippen molar-refractivity contribution in [3.63, 3.8) is 0 Å². The molecule has 23 heavy (non-hydrogen) atoms. The summed E-state index contributed by atoms with van der Waals surface area (Å²) in [6.45, 7) is 0.392. The number of hydrogen-bond acceptors (Lipinski definition) is 4. The van der Waals surface area contributed by atoms with Crippen molar-refractivity contribution in [3.8, 4) is 0 Å². The van der Waals surface area contributed by atoms with Gasteiger partial charge in [0.05, 0.1) is 12.3 Å². The fraction of sp³-hybridized carbons (Fsp3) is 0.176. The number of carbonyl (C=O) groups is 1. The third-order valence-corrected chi connectivity index (χ3v) is 3.43. The van der Waals surface area contributed by atoms with Crippen molar-refractivity contribution in [2.24, 2.45) is 0 Å². The minimum Gasteiger partial charge on any atom is -0.455 e. The van der Waals surface area contributed by atoms with E-state index in [-0.39, 0.29) is 12.2 Å². The lowest BCUT2D eigenvalue weighted by Gasteiger charge is -2.05. The first kappa shape index (κ1) is 15.1. The van der Waals surface area contributed by atoms with Gasteiger partial charge < -0.3 is 19.4 Å². The zero-order valence-corrected chi connectivity index (χ0v) is 12.6. The Morgan fingerprint density at radius 2 is 1.87 bits per heavy atom. The van der Waals surface area contributed by atoms with Gasteiger partial charge in [-0.2, -0.15) is 0 Å². The Morgan fingerprint density at radius 3 is 2.70 bits per heavy atom. The molecule has 6 nitrogen and oxygen atoms in total. The van der Waals surface area contributed by atoms with Crippen LogP contribution in [0.25, 0.3) is 10.8 Å². The first-order chi connectivity index (χ1) is 11.2. The van der Waals surface area contributed by atoms with Crippen molar-refractivity contribution in [2.45, 2.75) is 13.2 Å². The van der Waals surface area contributed by atoms with E-state index in [4.69, 9.17) is 9.47 Å². The summed E-state index contributed by atoms with van der Waals surface area (Å²) >= 11 is 0. The number of nitrogens with one attached hydrogen (secondary N) is 2. The van der Waals surface area contributed by atoms with Crippen molar-refractivity contribution >= 4 is 16.7 Å². The van der Waals surface area contributed by atoms with Crippen molar-refractivity contribution < 1.29 is 14.3 Å². The topological polar surface area (TPSA) is 84.2 Å². The van der Waals surface area contributed by atoms with E-state index < -0.39 is 5.97 Å². The van der Waals surface area contributed by atoms with Crippen LogP contribution in [0.2, 0.25) is 0 Å². The quantitative estimate of drug-likeness (QED) is 0.708. The molecule has 0 saturated heterocycles. The Labute approximate surface area is 132 Å². The van der Waals surface area contributed by atoms with Gasteiger partial charge in [-0.05, 0) is 29.7 Å². The number of H-pyrrole nitrogens is 2. The van der Waals surface area contributed by atoms with Crippen LogP contribution in [0, 0.1) is 0 Å². The van der Waals surface area contributed by atoms with E-state index in [0.717, 1.165) is 11.1 Å². The monoisotopic (exact) mass is 312 g/mol. The molecule has 0 radical (unpaired) electrons. The normalized spacial score (nSPS) is 10.8. The van der Waals surface area contributed by atoms with Gasteiger partial charge in [0.1, 0.15) is 12.3 Å². The number of aromatic amines is 2. The Kier molecular flexibility index (Phi) is 4.25. The third kappa shape index (κ3) is 3.32. The van der Waals surface area contributed by atoms with Gasteiger partial charge in [-0.1, -0.05) is 18.2 Å². The van der Waals surface area contributed by atoms with Crippen molar-refractivity contribution in [3.05, 3.63) is 69.9 Å². The Morgan fingerprint density at radius 1 is 1.04 bits per heavy atom. The van der Waals surface area contributed by atoms with Crippen molar-refractivity contribution in [1.29, 1.82) is 0 Å². The summed E-state index contributed by atoms with van der Waals surface area (Å²) in [4.78, 5) is 29.6. The molecule has 0 bridgehead atoms. The molecule has 0 saturated carbocycles. The number of hydrogen-bond donors (Lipinski definition) is 2. The molecular weight excluding hydrogens is 296 g/mol. The maximum Gasteiger partial charge on any atom is 0.355 e. The van der Waals surface area contributed by atoms with E-state index in [1.807, 2.05) is 12.1 Å². The molecule has 6 heteroatoms. The summed E-state index contributed by atoms with van der Waals surface area (Å²) in [7, 11) is 1.58. The molecule has 1 aromatic carbocycles. The SMILES string of the molecule is COCc1ccc(C(=O)OCc2cc3ccccc3c(=O)[nH]2)[nH]1. The van der Waals surface area contributed by atoms with E-state index in [9.17, 15) is 9.59 Å². The number of pyridine rings is 1. The first-order valence-electron chi connectivity index (χ1n) is 7.12. The van der Waals surface area contributed by atoms with E-state index >= 15 is 0 Å². The van der Waals surface area contributed by atoms with E-state index in [1.165, 1.54) is 0 Å². The van der Waals surface area contributed by atoms with Crippen molar-refractivity contribution in [1.82, 2.24) is 9.97 Å². The van der Waals surface area contributed by atoms with Gasteiger partial charge in [0, 0.05) is 18.2 Å². The average molecular weight is 312 g/mol. The van der Waals surface area contributed by atoms with Gasteiger partial charge >= 0.3 is 5.97 Å². The molecule has 118 valence electrons. The zero-order valence-electron chi connectivity index (χ0n) is 12.6. The molecule has 3 aromatic rings. The highest BCUT2D eigenvalue weighted by molar-refractivity contribution is 5.87. The summed E-state index contributed by atoms with van der Waals surface area (Å²) in [5, 5.41) is 1.42. The minimum absolute atomic E-state index is 0.00244. The van der Waals surface area contributed by atoms with Gasteiger partial charge in [-0.15, -0.1) is 0 Å². The van der Waals surface area contributed by atoms with Crippen LogP contribution in [-0.2, 0) is 22.7 Å². The summed E-state index contributed by atoms with van der Waals surface area (Å²) in [6, 6.07) is 12.5. The van der Waals surface area contributed by atoms with Crippen LogP contribution in [0.4, 0.5) is 0 Å². The second-order valence-electron chi connectivity index (χ2n) is 5.12. The molecule has 0 aliphatic heterocycles. The lowest BCUT2D eigenvalue weighted by molar-refractivity contribution is 0.0461. The molecule has 0 amide bonds. The number of methoxy groups -OCH3 is 1. The first-order valence-corrected chi connectivity index (χ1v) is 7.12. The maximum absolute atomic E-state index is 12.0. The number of carbonyl (C=O) groups excluding carboxylic acids is 1. The van der Waals surface area contributed by atoms with Crippen LogP contribution in [0.5, 0.6) is 0 Å². The van der Waals surface area contributed by atoms with Crippen LogP contribution < -0.4 is 5.56 Å². The summed E-state index contributed by atoms with van der Waals surface area (Å²) in [5.41, 5.74) is 1.49. The molecule has 2 aromatic heterocycles. The molecule has 2 N–H and O–H groups in total. The van der Waals surface area contributed by atoms with Gasteiger partial charge in [0.2, 0.25) is 0 Å². The van der Waals surface area contributed by atoms with Gasteiger partial charge in [0.25, 0.3) is 5.56 Å². The Balaban J connectivity index is 1.72. The number of esters is 1. The van der Waals surface area contributed by atoms with Crippen LogP contribution in [-0.4, -0.2) is 23.0 Å². The number of rotatable bonds is 5. The van der Waals surface area contributed by atoms with Gasteiger partial charge in [0.15, 0.2) is 0 Å². The molecule has 0 atom stereocenters. The number of benzene rings is 1. The van der Waals surface area contributed by atoms with Crippen molar-refractivity contribution in [2.75, 3.05) is 7.11 Å². The standard InChI is InChI=1S/C17H16N2O4/c1-22-9-12-6-7-15(18-12)17(21)23-10-13-8-11-4-2-3-5-14(11)16(20)19-13/h2-8,18H,9-10H2,1H3,(H,19,20). The lowest BCUT2D eigenvalue weighted by atomic mass is 10.1. The predicted octanol–water partition coefficient (Wildman–Crippen LogP) is 2.36. The summed E-state index contributed by atoms with van der Waals surface area (Å²) in [6.07, 6.45) is 0. The number of ether oxygens (including phenoxy) is 2. The average Bonchev–Trinajstić information content (AvgIpc) is 3.02. The molecule has 0 aliphatic carbocycles. The Hall–Kier alpha value is -2.86. The second kappa shape index (κ2) is 6.50. The lowest BCUT2D eigenvalue weighted by Crippen LogP contribution is -2.12. The highest BCUT2D eigenvalue weighted by atomic mass is 16.5. The second-order valence-corrected chi connectivity index (χ2v) is 5.12. The molecule has 3 rings (SSSR count). The van der Waals surface area contributed by atoms with E-state index in [1.54, 1.807) is 37.4 Å². The Bertz CT molecular complexity index is 895. The van der Waals surface area contributed by atoms with Crippen LogP contribution in [0.1, 0.15) is 21.9 Å². The van der Waals surface area contributed by atoms with Crippen LogP contribution in [0.15, 0.2) is 47.3 Å². The van der Waals surface area contributed by atoms with Gasteiger partial charge in [-0.25, -0.2) is 4.79 Å². The largest absolute Gasteiger partial charge is 0.455 e. The van der Waals surface area contributed by atoms with E-state index in [0.29, 0.717) is 23.4 Å². The molecular formula is C17H16N2O4. The summed E-state index contributed by atoms with van der Waals surface area (Å²) in [5.74, 6) is -0.485. The third-order valence-electron chi connectivity index (χ3n) is 3.43. The highest BCUT2D eigenvalue weighted by Gasteiger charge is 2.11. The summed E-state index contributed by atoms with van der Waals surface area (Å²) < 4.78 is 10.2. The molecule has 0 fully saturated rings. The predicted molar refractivity (Wildman–Crippen MR) is 85.2 cm³/mol. The zero-order chi connectivity index (χ0) is 16.2.